The molecule has 0 unspecified atom stereocenters. The van der Waals surface area contributed by atoms with Crippen LogP contribution in [-0.2, 0) is 4.79 Å². The summed E-state index contributed by atoms with van der Waals surface area (Å²) in [5, 5.41) is 8.70. The molecule has 2 heterocycles. The first-order valence-electron chi connectivity index (χ1n) is 12.2. The predicted molar refractivity (Wildman–Crippen MR) is 150 cm³/mol. The van der Waals surface area contributed by atoms with E-state index in [4.69, 9.17) is 11.6 Å². The van der Waals surface area contributed by atoms with Crippen LogP contribution in [0.4, 0.5) is 11.4 Å². The Kier molecular flexibility index (Phi) is 7.31. The molecule has 5 nitrogen and oxygen atoms in total. The van der Waals surface area contributed by atoms with Crippen molar-refractivity contribution in [1.82, 2.24) is 10.3 Å². The smallest absolute Gasteiger partial charge is 0.247 e. The van der Waals surface area contributed by atoms with Crippen molar-refractivity contribution < 1.29 is 4.79 Å². The number of aryl methyl sites for hydroxylation is 1. The number of carbonyl (C=O) groups excluding carboxylic acids is 1. The molecule has 5 rings (SSSR count). The number of nitrogens with zero attached hydrogens (tertiary/aromatic N) is 2. The van der Waals surface area contributed by atoms with Crippen molar-refractivity contribution in [1.29, 1.82) is 0 Å². The second-order valence-corrected chi connectivity index (χ2v) is 9.47. The van der Waals surface area contributed by atoms with Crippen LogP contribution < -0.4 is 15.5 Å². The predicted octanol–water partition coefficient (Wildman–Crippen LogP) is 6.09. The molecular formula is C30H29ClN4O. The minimum atomic E-state index is -0.241. The van der Waals surface area contributed by atoms with Gasteiger partial charge in [0.15, 0.2) is 0 Å². The number of aromatic nitrogens is 1. The van der Waals surface area contributed by atoms with Gasteiger partial charge < -0.3 is 15.5 Å². The van der Waals surface area contributed by atoms with E-state index in [1.807, 2.05) is 71.6 Å². The normalized spacial score (nSPS) is 17.5. The number of halogens is 1. The number of anilines is 2. The van der Waals surface area contributed by atoms with Crippen LogP contribution in [0.2, 0.25) is 5.02 Å². The number of benzene rings is 3. The molecule has 1 fully saturated rings. The van der Waals surface area contributed by atoms with Crippen LogP contribution in [0.15, 0.2) is 91.1 Å². The number of β-lactam (4-membered cyclic amide) rings is 1. The highest BCUT2D eigenvalue weighted by molar-refractivity contribution is 6.31. The molecule has 1 amide bonds. The van der Waals surface area contributed by atoms with Crippen molar-refractivity contribution in [2.24, 2.45) is 0 Å². The van der Waals surface area contributed by atoms with Crippen molar-refractivity contribution in [2.45, 2.75) is 25.4 Å². The topological polar surface area (TPSA) is 57.3 Å². The Labute approximate surface area is 216 Å². The summed E-state index contributed by atoms with van der Waals surface area (Å²) in [4.78, 5) is 19.4. The van der Waals surface area contributed by atoms with E-state index in [-0.39, 0.29) is 18.0 Å². The molecule has 2 atom stereocenters. The van der Waals surface area contributed by atoms with Gasteiger partial charge in [-0.15, -0.1) is 0 Å². The number of hydrogen-bond donors (Lipinski definition) is 2. The van der Waals surface area contributed by atoms with Crippen molar-refractivity contribution in [2.75, 3.05) is 23.3 Å². The molecule has 182 valence electrons. The molecule has 0 radical (unpaired) electrons. The van der Waals surface area contributed by atoms with E-state index >= 15 is 0 Å². The van der Waals surface area contributed by atoms with E-state index < -0.39 is 0 Å². The summed E-state index contributed by atoms with van der Waals surface area (Å²) in [5.74, 6) is 0.103. The Morgan fingerprint density at radius 1 is 1.00 bits per heavy atom. The van der Waals surface area contributed by atoms with E-state index in [1.54, 1.807) is 6.20 Å². The van der Waals surface area contributed by atoms with Gasteiger partial charge in [0.25, 0.3) is 0 Å². The van der Waals surface area contributed by atoms with Crippen molar-refractivity contribution in [3.8, 4) is 0 Å². The third-order valence-electron chi connectivity index (χ3n) is 6.48. The van der Waals surface area contributed by atoms with E-state index in [9.17, 15) is 4.79 Å². The summed E-state index contributed by atoms with van der Waals surface area (Å²) < 4.78 is 0. The fourth-order valence-corrected chi connectivity index (χ4v) is 4.70. The maximum atomic E-state index is 13.1. The molecule has 1 aliphatic heterocycles. The van der Waals surface area contributed by atoms with Gasteiger partial charge in [-0.25, -0.2) is 0 Å². The Bertz CT molecular complexity index is 1370. The van der Waals surface area contributed by atoms with Gasteiger partial charge in [0.1, 0.15) is 6.04 Å². The van der Waals surface area contributed by atoms with Gasteiger partial charge in [0, 0.05) is 34.5 Å². The third-order valence-corrected chi connectivity index (χ3v) is 6.71. The Morgan fingerprint density at radius 3 is 2.61 bits per heavy atom. The zero-order valence-corrected chi connectivity index (χ0v) is 21.0. The molecule has 0 saturated carbocycles. The first kappa shape index (κ1) is 24.0. The first-order chi connectivity index (χ1) is 17.6. The summed E-state index contributed by atoms with van der Waals surface area (Å²) >= 11 is 6.10. The average molecular weight is 497 g/mol. The molecule has 1 saturated heterocycles. The van der Waals surface area contributed by atoms with E-state index in [2.05, 4.69) is 46.8 Å². The fraction of sp³-hybridized carbons (Fsp3) is 0.200. The minimum absolute atomic E-state index is 0.0396. The Balaban J connectivity index is 1.21. The Hall–Kier alpha value is -3.67. The lowest BCUT2D eigenvalue weighted by molar-refractivity contribution is -0.126. The fourth-order valence-electron chi connectivity index (χ4n) is 4.54. The SMILES string of the molecule is Cc1ccc(N2C(=O)[C@@H](NCCCNc3ccnc4cc(Cl)ccc34)[C@H]2/C=C/c2ccccc2)cc1. The van der Waals surface area contributed by atoms with Gasteiger partial charge >= 0.3 is 0 Å². The number of rotatable bonds is 9. The van der Waals surface area contributed by atoms with E-state index in [0.717, 1.165) is 47.4 Å². The van der Waals surface area contributed by atoms with E-state index in [1.165, 1.54) is 5.56 Å². The Morgan fingerprint density at radius 2 is 1.81 bits per heavy atom. The lowest BCUT2D eigenvalue weighted by Crippen LogP contribution is -2.69. The van der Waals surface area contributed by atoms with Crippen LogP contribution in [0.5, 0.6) is 0 Å². The largest absolute Gasteiger partial charge is 0.384 e. The number of carbonyl (C=O) groups is 1. The highest BCUT2D eigenvalue weighted by Crippen LogP contribution is 2.30. The second kappa shape index (κ2) is 10.9. The maximum absolute atomic E-state index is 13.1. The van der Waals surface area contributed by atoms with Crippen LogP contribution in [0.3, 0.4) is 0 Å². The highest BCUT2D eigenvalue weighted by atomic mass is 35.5. The lowest BCUT2D eigenvalue weighted by atomic mass is 9.92. The van der Waals surface area contributed by atoms with Crippen LogP contribution in [0.25, 0.3) is 17.0 Å². The number of hydrogen-bond acceptors (Lipinski definition) is 4. The molecule has 0 spiro atoms. The molecule has 1 aromatic heterocycles. The molecule has 6 heteroatoms. The van der Waals surface area contributed by atoms with Gasteiger partial charge in [-0.3, -0.25) is 9.78 Å². The molecule has 0 bridgehead atoms. The molecule has 0 aliphatic carbocycles. The van der Waals surface area contributed by atoms with Crippen molar-refractivity contribution in [3.05, 3.63) is 107 Å². The summed E-state index contributed by atoms with van der Waals surface area (Å²) in [5.41, 5.74) is 5.13. The van der Waals surface area contributed by atoms with Crippen molar-refractivity contribution >= 4 is 45.9 Å². The molecule has 36 heavy (non-hydrogen) atoms. The molecule has 2 N–H and O–H groups in total. The van der Waals surface area contributed by atoms with Crippen molar-refractivity contribution in [3.63, 3.8) is 0 Å². The minimum Gasteiger partial charge on any atom is -0.384 e. The average Bonchev–Trinajstić information content (AvgIpc) is 2.89. The van der Waals surface area contributed by atoms with Gasteiger partial charge in [-0.1, -0.05) is 71.8 Å². The van der Waals surface area contributed by atoms with Crippen LogP contribution in [0.1, 0.15) is 17.5 Å². The molecule has 1 aliphatic rings. The maximum Gasteiger partial charge on any atom is 0.247 e. The number of nitrogens with one attached hydrogen (secondary N) is 2. The summed E-state index contributed by atoms with van der Waals surface area (Å²) in [6, 6.07) is 25.7. The van der Waals surface area contributed by atoms with Crippen LogP contribution in [-0.4, -0.2) is 36.1 Å². The van der Waals surface area contributed by atoms with Crippen LogP contribution >= 0.6 is 11.6 Å². The molecule has 3 aromatic carbocycles. The van der Waals surface area contributed by atoms with Gasteiger partial charge in [-0.2, -0.15) is 0 Å². The zero-order valence-electron chi connectivity index (χ0n) is 20.2. The number of fused-ring (bicyclic) bond motifs is 1. The summed E-state index contributed by atoms with van der Waals surface area (Å²) in [7, 11) is 0. The zero-order chi connectivity index (χ0) is 24.9. The summed E-state index contributed by atoms with van der Waals surface area (Å²) in [6.45, 7) is 3.56. The number of pyridine rings is 1. The first-order valence-corrected chi connectivity index (χ1v) is 12.6. The molecular weight excluding hydrogens is 468 g/mol. The standard InChI is InChI=1S/C30H29ClN4O/c1-21-8-12-24(13-9-21)35-28(15-10-22-6-3-2-4-7-22)29(30(35)36)34-18-5-17-32-26-16-19-33-27-20-23(31)11-14-25(26)27/h2-4,6-16,19-20,28-29,34H,5,17-18H2,1H3,(H,32,33)/b15-10+/t28-,29+/m1/s1. The second-order valence-electron chi connectivity index (χ2n) is 9.04. The van der Waals surface area contributed by atoms with Crippen LogP contribution in [0, 0.1) is 6.92 Å². The van der Waals surface area contributed by atoms with Gasteiger partial charge in [0.05, 0.1) is 11.6 Å². The third kappa shape index (κ3) is 5.27. The van der Waals surface area contributed by atoms with Gasteiger partial charge in [0.2, 0.25) is 5.91 Å². The quantitative estimate of drug-likeness (QED) is 0.217. The van der Waals surface area contributed by atoms with E-state index in [0.29, 0.717) is 5.02 Å². The molecule has 4 aromatic rings. The number of amides is 1. The van der Waals surface area contributed by atoms with Gasteiger partial charge in [-0.05, 0) is 61.9 Å². The monoisotopic (exact) mass is 496 g/mol. The lowest BCUT2D eigenvalue weighted by Gasteiger charge is -2.46. The summed E-state index contributed by atoms with van der Waals surface area (Å²) in [6.07, 6.45) is 6.88. The highest BCUT2D eigenvalue weighted by Gasteiger charge is 2.46.